The Kier molecular flexibility index (Phi) is 8.47. The summed E-state index contributed by atoms with van der Waals surface area (Å²) < 4.78 is 18.4. The highest BCUT2D eigenvalue weighted by Gasteiger charge is 2.22. The lowest BCUT2D eigenvalue weighted by atomic mass is 9.96. The van der Waals surface area contributed by atoms with E-state index in [2.05, 4.69) is 13.8 Å². The Balaban J connectivity index is 0.00000101. The Labute approximate surface area is 177 Å². The number of methoxy groups -OCH3 is 2. The van der Waals surface area contributed by atoms with Gasteiger partial charge < -0.3 is 23.9 Å². The molecule has 0 radical (unpaired) electrons. The van der Waals surface area contributed by atoms with E-state index in [9.17, 15) is 9.59 Å². The fraction of sp³-hybridized carbons (Fsp3) is 0.478. The van der Waals surface area contributed by atoms with Gasteiger partial charge in [-0.3, -0.25) is 4.79 Å². The monoisotopic (exact) mass is 417 g/mol. The predicted octanol–water partition coefficient (Wildman–Crippen LogP) is 4.00. The Morgan fingerprint density at radius 2 is 1.90 bits per heavy atom. The fourth-order valence-electron chi connectivity index (χ4n) is 3.25. The number of rotatable bonds is 7. The zero-order chi connectivity index (χ0) is 22.3. The summed E-state index contributed by atoms with van der Waals surface area (Å²) >= 11 is 0. The molecule has 1 aromatic heterocycles. The van der Waals surface area contributed by atoms with Gasteiger partial charge in [0.15, 0.2) is 16.9 Å². The van der Waals surface area contributed by atoms with Crippen LogP contribution in [0.25, 0.3) is 11.3 Å². The summed E-state index contributed by atoms with van der Waals surface area (Å²) in [5, 5.41) is 9.17. The normalized spacial score (nSPS) is 12.7. The molecule has 3 rings (SSSR count). The highest BCUT2D eigenvalue weighted by atomic mass is 16.5. The first-order chi connectivity index (χ1) is 14.4. The van der Waals surface area contributed by atoms with E-state index in [1.54, 1.807) is 18.8 Å². The van der Waals surface area contributed by atoms with Gasteiger partial charge in [0.1, 0.15) is 5.56 Å². The standard InChI is InChI=1S/C20H23NO6.C3H8/c1-12(5-7-25-2)27-19-8-13-4-6-21-11-15(20(23)24)17(22)10-16(21)14(13)9-18(19)26-3;1-3-2/h8-12H,4-7H2,1-3H3,(H,23,24);3H2,1-2H3. The first-order valence-corrected chi connectivity index (χ1v) is 10.2. The van der Waals surface area contributed by atoms with E-state index >= 15 is 0 Å². The zero-order valence-corrected chi connectivity index (χ0v) is 18.4. The summed E-state index contributed by atoms with van der Waals surface area (Å²) in [6.45, 7) is 7.42. The number of carboxylic acid groups (broad SMARTS) is 1. The number of aromatic carboxylic acids is 1. The average molecular weight is 418 g/mol. The molecule has 0 saturated carbocycles. The van der Waals surface area contributed by atoms with Crippen LogP contribution in [0.4, 0.5) is 0 Å². The van der Waals surface area contributed by atoms with Crippen LogP contribution in [0, 0.1) is 0 Å². The van der Waals surface area contributed by atoms with E-state index < -0.39 is 11.4 Å². The first kappa shape index (κ1) is 23.5. The number of carboxylic acids is 1. The second kappa shape index (κ2) is 10.8. The van der Waals surface area contributed by atoms with Crippen molar-refractivity contribution < 1.29 is 24.1 Å². The molecule has 1 N–H and O–H groups in total. The Hall–Kier alpha value is -2.80. The summed E-state index contributed by atoms with van der Waals surface area (Å²) in [7, 11) is 3.22. The molecule has 2 aromatic rings. The maximum atomic E-state index is 12.1. The Bertz CT molecular complexity index is 934. The van der Waals surface area contributed by atoms with Crippen LogP contribution in [-0.4, -0.2) is 42.6 Å². The summed E-state index contributed by atoms with van der Waals surface area (Å²) in [6.07, 6.45) is 4.09. The number of nitrogens with zero attached hydrogens (tertiary/aromatic N) is 1. The van der Waals surface area contributed by atoms with E-state index in [4.69, 9.17) is 19.3 Å². The molecule has 1 aromatic carbocycles. The van der Waals surface area contributed by atoms with Crippen molar-refractivity contribution in [2.75, 3.05) is 20.8 Å². The van der Waals surface area contributed by atoms with Gasteiger partial charge >= 0.3 is 5.97 Å². The molecule has 0 bridgehead atoms. The number of aromatic nitrogens is 1. The molecule has 1 unspecified atom stereocenters. The highest BCUT2D eigenvalue weighted by molar-refractivity contribution is 5.87. The third-order valence-corrected chi connectivity index (χ3v) is 4.70. The van der Waals surface area contributed by atoms with Crippen LogP contribution in [0.3, 0.4) is 0 Å². The number of hydrogen-bond donors (Lipinski definition) is 1. The van der Waals surface area contributed by atoms with Crippen molar-refractivity contribution in [1.29, 1.82) is 0 Å². The fourth-order valence-corrected chi connectivity index (χ4v) is 3.25. The second-order valence-electron chi connectivity index (χ2n) is 7.26. The topological polar surface area (TPSA) is 87.0 Å². The van der Waals surface area contributed by atoms with Crippen molar-refractivity contribution in [3.63, 3.8) is 0 Å². The molecule has 7 nitrogen and oxygen atoms in total. The lowest BCUT2D eigenvalue weighted by molar-refractivity contribution is 0.0694. The lowest BCUT2D eigenvalue weighted by Gasteiger charge is -2.25. The number of carbonyl (C=O) groups is 1. The van der Waals surface area contributed by atoms with Gasteiger partial charge in [0, 0.05) is 44.5 Å². The molecular formula is C23H31NO6. The number of pyridine rings is 1. The molecule has 1 atom stereocenters. The largest absolute Gasteiger partial charge is 0.493 e. The van der Waals surface area contributed by atoms with Gasteiger partial charge in [0.25, 0.3) is 0 Å². The molecule has 0 aliphatic carbocycles. The number of fused-ring (bicyclic) bond motifs is 3. The molecule has 7 heteroatoms. The SMILES string of the molecule is CCC.COCCC(C)Oc1cc2c(cc1OC)-c1cc(=O)c(C(=O)O)cn1CC2. The van der Waals surface area contributed by atoms with E-state index in [1.807, 2.05) is 19.1 Å². The van der Waals surface area contributed by atoms with Crippen LogP contribution in [0.1, 0.15) is 49.5 Å². The molecule has 164 valence electrons. The number of aryl methyl sites for hydroxylation is 2. The molecule has 1 aliphatic rings. The average Bonchev–Trinajstić information content (AvgIpc) is 2.71. The number of ether oxygens (including phenoxy) is 3. The van der Waals surface area contributed by atoms with Crippen molar-refractivity contribution in [3.8, 4) is 22.8 Å². The van der Waals surface area contributed by atoms with Crippen molar-refractivity contribution in [2.24, 2.45) is 0 Å². The maximum absolute atomic E-state index is 12.1. The summed E-state index contributed by atoms with van der Waals surface area (Å²) in [5.41, 5.74) is 1.84. The van der Waals surface area contributed by atoms with E-state index in [-0.39, 0.29) is 11.7 Å². The van der Waals surface area contributed by atoms with Gasteiger partial charge in [-0.05, 0) is 31.0 Å². The van der Waals surface area contributed by atoms with Crippen LogP contribution in [-0.2, 0) is 17.7 Å². The summed E-state index contributed by atoms with van der Waals surface area (Å²) in [6, 6.07) is 5.16. The van der Waals surface area contributed by atoms with Crippen molar-refractivity contribution >= 4 is 5.97 Å². The van der Waals surface area contributed by atoms with E-state index in [0.29, 0.717) is 36.8 Å². The van der Waals surface area contributed by atoms with E-state index in [1.165, 1.54) is 18.7 Å². The number of hydrogen-bond acceptors (Lipinski definition) is 5. The molecule has 30 heavy (non-hydrogen) atoms. The third-order valence-electron chi connectivity index (χ3n) is 4.70. The quantitative estimate of drug-likeness (QED) is 0.733. The van der Waals surface area contributed by atoms with Crippen LogP contribution < -0.4 is 14.9 Å². The summed E-state index contributed by atoms with van der Waals surface area (Å²) in [4.78, 5) is 23.4. The highest BCUT2D eigenvalue weighted by Crippen LogP contribution is 2.38. The van der Waals surface area contributed by atoms with Gasteiger partial charge in [-0.1, -0.05) is 20.3 Å². The predicted molar refractivity (Wildman–Crippen MR) is 116 cm³/mol. The molecule has 0 spiro atoms. The van der Waals surface area contributed by atoms with Crippen molar-refractivity contribution in [3.05, 3.63) is 45.7 Å². The molecular weight excluding hydrogens is 386 g/mol. The van der Waals surface area contributed by atoms with Crippen LogP contribution >= 0.6 is 0 Å². The minimum absolute atomic E-state index is 0.0338. The minimum atomic E-state index is -1.22. The Morgan fingerprint density at radius 3 is 2.50 bits per heavy atom. The van der Waals surface area contributed by atoms with Crippen LogP contribution in [0.2, 0.25) is 0 Å². The zero-order valence-electron chi connectivity index (χ0n) is 18.4. The molecule has 2 heterocycles. The van der Waals surface area contributed by atoms with Crippen molar-refractivity contribution in [1.82, 2.24) is 4.57 Å². The lowest BCUT2D eigenvalue weighted by Crippen LogP contribution is -2.22. The van der Waals surface area contributed by atoms with Crippen molar-refractivity contribution in [2.45, 2.75) is 52.7 Å². The molecule has 0 amide bonds. The van der Waals surface area contributed by atoms with Gasteiger partial charge in [-0.15, -0.1) is 0 Å². The number of benzene rings is 1. The van der Waals surface area contributed by atoms with Gasteiger partial charge in [0.05, 0.1) is 18.9 Å². The second-order valence-corrected chi connectivity index (χ2v) is 7.26. The third kappa shape index (κ3) is 5.42. The van der Waals surface area contributed by atoms with Gasteiger partial charge in [0.2, 0.25) is 0 Å². The molecule has 0 saturated heterocycles. The molecule has 1 aliphatic heterocycles. The van der Waals surface area contributed by atoms with Gasteiger partial charge in [-0.25, -0.2) is 4.79 Å². The maximum Gasteiger partial charge on any atom is 0.341 e. The van der Waals surface area contributed by atoms with Gasteiger partial charge in [-0.2, -0.15) is 0 Å². The minimum Gasteiger partial charge on any atom is -0.493 e. The van der Waals surface area contributed by atoms with Crippen LogP contribution in [0.5, 0.6) is 11.5 Å². The smallest absolute Gasteiger partial charge is 0.341 e. The Morgan fingerprint density at radius 1 is 1.20 bits per heavy atom. The van der Waals surface area contributed by atoms with Crippen LogP contribution in [0.15, 0.2) is 29.2 Å². The van der Waals surface area contributed by atoms with E-state index in [0.717, 1.165) is 17.5 Å². The first-order valence-electron chi connectivity index (χ1n) is 10.2. The summed E-state index contributed by atoms with van der Waals surface area (Å²) in [5.74, 6) is 0.00602. The molecule has 0 fully saturated rings.